The van der Waals surface area contributed by atoms with Crippen LogP contribution >= 0.6 is 0 Å². The number of aromatic nitrogens is 5. The lowest BCUT2D eigenvalue weighted by atomic mass is 10.1. The van der Waals surface area contributed by atoms with Gasteiger partial charge in [0.2, 0.25) is 0 Å². The zero-order valence-corrected chi connectivity index (χ0v) is 16.2. The van der Waals surface area contributed by atoms with E-state index in [-0.39, 0.29) is 0 Å². The van der Waals surface area contributed by atoms with Crippen LogP contribution in [0.2, 0.25) is 0 Å². The van der Waals surface area contributed by atoms with E-state index in [2.05, 4.69) is 66.7 Å². The topological polar surface area (TPSA) is 63.8 Å². The van der Waals surface area contributed by atoms with Crippen LogP contribution in [-0.2, 0) is 13.0 Å². The number of aryl methyl sites for hydroxylation is 1. The van der Waals surface area contributed by atoms with E-state index < -0.39 is 0 Å². The zero-order chi connectivity index (χ0) is 18.8. The van der Waals surface area contributed by atoms with E-state index in [1.165, 1.54) is 11.3 Å². The lowest BCUT2D eigenvalue weighted by Gasteiger charge is -2.22. The predicted molar refractivity (Wildman–Crippen MR) is 109 cm³/mol. The van der Waals surface area contributed by atoms with Crippen LogP contribution in [-0.4, -0.2) is 50.7 Å². The van der Waals surface area contributed by atoms with Gasteiger partial charge in [-0.05, 0) is 50.4 Å². The summed E-state index contributed by atoms with van der Waals surface area (Å²) >= 11 is 0. The average molecular weight is 377 g/mol. The minimum atomic E-state index is 0.446. The molecule has 1 aromatic carbocycles. The molecule has 2 aliphatic heterocycles. The van der Waals surface area contributed by atoms with E-state index in [4.69, 9.17) is 0 Å². The van der Waals surface area contributed by atoms with Gasteiger partial charge in [0.15, 0.2) is 5.82 Å². The van der Waals surface area contributed by atoms with Gasteiger partial charge in [-0.3, -0.25) is 0 Å². The van der Waals surface area contributed by atoms with Gasteiger partial charge < -0.3 is 14.8 Å². The highest BCUT2D eigenvalue weighted by atomic mass is 15.4. The Labute approximate surface area is 165 Å². The maximum atomic E-state index is 4.55. The third-order valence-electron chi connectivity index (χ3n) is 5.95. The maximum absolute atomic E-state index is 4.55. The van der Waals surface area contributed by atoms with Crippen molar-refractivity contribution in [2.75, 3.05) is 31.1 Å². The number of nitrogens with zero attached hydrogens (tertiary/aromatic N) is 6. The first-order chi connectivity index (χ1) is 13.9. The fraction of sp³-hybridized carbons (Fsp3) is 0.476. The van der Waals surface area contributed by atoms with Crippen LogP contribution < -0.4 is 10.2 Å². The zero-order valence-electron chi connectivity index (χ0n) is 16.2. The molecule has 3 aromatic rings. The molecular formula is C21H27N7. The number of imidazole rings is 1. The Bertz CT molecular complexity index is 922. The van der Waals surface area contributed by atoms with Crippen LogP contribution in [0.4, 0.5) is 5.69 Å². The third kappa shape index (κ3) is 3.42. The van der Waals surface area contributed by atoms with Gasteiger partial charge in [0.1, 0.15) is 5.69 Å². The average Bonchev–Trinajstić information content (AvgIpc) is 3.48. The Kier molecular flexibility index (Phi) is 4.83. The highest BCUT2D eigenvalue weighted by molar-refractivity contribution is 5.57. The fourth-order valence-corrected chi connectivity index (χ4v) is 4.42. The molecule has 0 bridgehead atoms. The minimum absolute atomic E-state index is 0.446. The highest BCUT2D eigenvalue weighted by Crippen LogP contribution is 2.27. The lowest BCUT2D eigenvalue weighted by molar-refractivity contribution is 0.337. The number of hydrogen-bond acceptors (Lipinski definition) is 5. The molecule has 0 aliphatic carbocycles. The smallest absolute Gasteiger partial charge is 0.162 e. The summed E-state index contributed by atoms with van der Waals surface area (Å²) in [7, 11) is 0. The van der Waals surface area contributed by atoms with E-state index in [0.29, 0.717) is 6.04 Å². The van der Waals surface area contributed by atoms with Crippen LogP contribution in [0.25, 0.3) is 11.5 Å². The van der Waals surface area contributed by atoms with E-state index in [9.17, 15) is 0 Å². The van der Waals surface area contributed by atoms with Crippen molar-refractivity contribution in [3.05, 3.63) is 48.4 Å². The Morgan fingerprint density at radius 1 is 1.11 bits per heavy atom. The van der Waals surface area contributed by atoms with E-state index in [1.54, 1.807) is 0 Å². The molecule has 0 spiro atoms. The molecule has 2 aliphatic rings. The second-order valence-corrected chi connectivity index (χ2v) is 7.73. The first kappa shape index (κ1) is 17.4. The van der Waals surface area contributed by atoms with Crippen molar-refractivity contribution >= 4 is 5.69 Å². The third-order valence-corrected chi connectivity index (χ3v) is 5.95. The van der Waals surface area contributed by atoms with E-state index in [1.807, 2.05) is 10.9 Å². The summed E-state index contributed by atoms with van der Waals surface area (Å²) in [5.41, 5.74) is 3.74. The van der Waals surface area contributed by atoms with E-state index >= 15 is 0 Å². The van der Waals surface area contributed by atoms with Gasteiger partial charge >= 0.3 is 0 Å². The van der Waals surface area contributed by atoms with Crippen molar-refractivity contribution in [2.45, 2.75) is 38.3 Å². The molecule has 0 amide bonds. The Morgan fingerprint density at radius 2 is 2.00 bits per heavy atom. The standard InChI is InChI=1S/C21H27N7/c1-2-5-20-17(4-1)8-14-26(20)12-3-13-27-15-11-23-21(27)19-16-28(25-24-19)18-6-9-22-10-7-18/h1-2,4-5,11,15-16,18,22H,3,6-10,12-14H2. The molecule has 7 heteroatoms. The summed E-state index contributed by atoms with van der Waals surface area (Å²) in [5, 5.41) is 12.2. The van der Waals surface area contributed by atoms with Crippen LogP contribution in [0.1, 0.15) is 30.9 Å². The minimum Gasteiger partial charge on any atom is -0.371 e. The maximum Gasteiger partial charge on any atom is 0.162 e. The largest absolute Gasteiger partial charge is 0.371 e. The summed E-state index contributed by atoms with van der Waals surface area (Å²) in [5.74, 6) is 0.919. The number of nitrogens with one attached hydrogen (secondary N) is 1. The fourth-order valence-electron chi connectivity index (χ4n) is 4.42. The van der Waals surface area contributed by atoms with Crippen molar-refractivity contribution in [2.24, 2.45) is 0 Å². The van der Waals surface area contributed by atoms with Gasteiger partial charge in [0.25, 0.3) is 0 Å². The highest BCUT2D eigenvalue weighted by Gasteiger charge is 2.19. The monoisotopic (exact) mass is 377 g/mol. The number of piperidine rings is 1. The molecule has 1 saturated heterocycles. The van der Waals surface area contributed by atoms with Gasteiger partial charge in [-0.1, -0.05) is 23.4 Å². The summed E-state index contributed by atoms with van der Waals surface area (Å²) < 4.78 is 4.23. The van der Waals surface area contributed by atoms with Gasteiger partial charge in [-0.2, -0.15) is 0 Å². The number of anilines is 1. The molecule has 0 saturated carbocycles. The van der Waals surface area contributed by atoms with Gasteiger partial charge in [0, 0.05) is 37.7 Å². The predicted octanol–water partition coefficient (Wildman–Crippen LogP) is 2.52. The van der Waals surface area contributed by atoms with Crippen LogP contribution in [0, 0.1) is 0 Å². The normalized spacial score (nSPS) is 17.2. The summed E-state index contributed by atoms with van der Waals surface area (Å²) in [6, 6.07) is 9.20. The molecule has 5 rings (SSSR count). The summed E-state index contributed by atoms with van der Waals surface area (Å²) in [6.45, 7) is 5.23. The van der Waals surface area contributed by atoms with Gasteiger partial charge in [0.05, 0.1) is 12.2 Å². The summed E-state index contributed by atoms with van der Waals surface area (Å²) in [4.78, 5) is 7.05. The quantitative estimate of drug-likeness (QED) is 0.715. The van der Waals surface area contributed by atoms with Crippen molar-refractivity contribution in [3.63, 3.8) is 0 Å². The van der Waals surface area contributed by atoms with Crippen molar-refractivity contribution in [1.82, 2.24) is 29.9 Å². The van der Waals surface area contributed by atoms with Crippen LogP contribution in [0.15, 0.2) is 42.9 Å². The molecule has 1 fully saturated rings. The van der Waals surface area contributed by atoms with Gasteiger partial charge in [-0.25, -0.2) is 9.67 Å². The number of rotatable bonds is 6. The van der Waals surface area contributed by atoms with Crippen molar-refractivity contribution < 1.29 is 0 Å². The number of fused-ring (bicyclic) bond motifs is 1. The Hall–Kier alpha value is -2.67. The van der Waals surface area contributed by atoms with Crippen LogP contribution in [0.5, 0.6) is 0 Å². The first-order valence-corrected chi connectivity index (χ1v) is 10.4. The number of benzene rings is 1. The molecule has 0 atom stereocenters. The Balaban J connectivity index is 1.23. The number of para-hydroxylation sites is 1. The van der Waals surface area contributed by atoms with Crippen LogP contribution in [0.3, 0.4) is 0 Å². The molecule has 7 nitrogen and oxygen atoms in total. The van der Waals surface area contributed by atoms with Gasteiger partial charge in [-0.15, -0.1) is 5.10 Å². The molecule has 2 aromatic heterocycles. The van der Waals surface area contributed by atoms with E-state index in [0.717, 1.165) is 69.9 Å². The summed E-state index contributed by atoms with van der Waals surface area (Å²) in [6.07, 6.45) is 10.4. The molecule has 4 heterocycles. The van der Waals surface area contributed by atoms with Crippen molar-refractivity contribution in [3.8, 4) is 11.5 Å². The molecule has 146 valence electrons. The molecule has 0 unspecified atom stereocenters. The second-order valence-electron chi connectivity index (χ2n) is 7.73. The molecular weight excluding hydrogens is 350 g/mol. The number of hydrogen-bond donors (Lipinski definition) is 1. The first-order valence-electron chi connectivity index (χ1n) is 10.4. The SMILES string of the molecule is c1ccc2c(c1)CCN2CCCn1ccnc1-c1cn(C2CCNCC2)nn1. The molecule has 28 heavy (non-hydrogen) atoms. The lowest BCUT2D eigenvalue weighted by Crippen LogP contribution is -2.29. The Morgan fingerprint density at radius 3 is 2.93 bits per heavy atom. The molecule has 1 N–H and O–H groups in total. The second kappa shape index (κ2) is 7.75. The van der Waals surface area contributed by atoms with Crippen molar-refractivity contribution in [1.29, 1.82) is 0 Å². The molecule has 0 radical (unpaired) electrons.